The maximum Gasteiger partial charge on any atom is 0.230 e. The summed E-state index contributed by atoms with van der Waals surface area (Å²) in [5.74, 6) is 0.212. The van der Waals surface area contributed by atoms with Crippen molar-refractivity contribution in [3.05, 3.63) is 30.3 Å². The number of rotatable bonds is 6. The fourth-order valence-electron chi connectivity index (χ4n) is 2.47. The highest BCUT2D eigenvalue weighted by molar-refractivity contribution is 6.01. The number of nitrogens with one attached hydrogen (secondary N) is 1. The van der Waals surface area contributed by atoms with E-state index in [0.29, 0.717) is 25.4 Å². The zero-order valence-electron chi connectivity index (χ0n) is 13.0. The molecule has 1 saturated carbocycles. The lowest BCUT2D eigenvalue weighted by Crippen LogP contribution is -2.35. The summed E-state index contributed by atoms with van der Waals surface area (Å²) in [4.78, 5) is 26.3. The molecule has 0 aliphatic heterocycles. The molecular formula is C17H24N2O2. The minimum atomic E-state index is -0.155. The van der Waals surface area contributed by atoms with Gasteiger partial charge in [0.05, 0.1) is 11.8 Å². The molecule has 0 bridgehead atoms. The molecule has 2 amide bonds. The highest BCUT2D eigenvalue weighted by Crippen LogP contribution is 2.40. The highest BCUT2D eigenvalue weighted by atomic mass is 16.2. The highest BCUT2D eigenvalue weighted by Gasteiger charge is 2.49. The Kier molecular flexibility index (Phi) is 4.99. The molecule has 1 N–H and O–H groups in total. The van der Waals surface area contributed by atoms with Gasteiger partial charge in [-0.15, -0.1) is 0 Å². The van der Waals surface area contributed by atoms with E-state index in [1.54, 1.807) is 4.90 Å². The van der Waals surface area contributed by atoms with Gasteiger partial charge in [0.1, 0.15) is 0 Å². The summed E-state index contributed by atoms with van der Waals surface area (Å²) >= 11 is 0. The van der Waals surface area contributed by atoms with Crippen LogP contribution in [0.2, 0.25) is 0 Å². The number of benzene rings is 1. The van der Waals surface area contributed by atoms with E-state index in [9.17, 15) is 9.59 Å². The summed E-state index contributed by atoms with van der Waals surface area (Å²) in [5.41, 5.74) is 0.901. The average Bonchev–Trinajstić information content (AvgIpc) is 3.27. The van der Waals surface area contributed by atoms with Crippen molar-refractivity contribution in [2.75, 3.05) is 18.0 Å². The van der Waals surface area contributed by atoms with Crippen LogP contribution in [0.4, 0.5) is 5.69 Å². The Labute approximate surface area is 126 Å². The van der Waals surface area contributed by atoms with Crippen molar-refractivity contribution < 1.29 is 9.59 Å². The van der Waals surface area contributed by atoms with Gasteiger partial charge in [-0.3, -0.25) is 9.59 Å². The Morgan fingerprint density at radius 3 is 2.48 bits per heavy atom. The maximum atomic E-state index is 12.5. The van der Waals surface area contributed by atoms with Crippen LogP contribution in [0.1, 0.15) is 27.2 Å². The summed E-state index contributed by atoms with van der Waals surface area (Å²) in [5, 5.41) is 2.92. The molecular weight excluding hydrogens is 264 g/mol. The van der Waals surface area contributed by atoms with E-state index in [1.807, 2.05) is 37.3 Å². The van der Waals surface area contributed by atoms with Crippen LogP contribution in [0.25, 0.3) is 0 Å². The predicted molar refractivity (Wildman–Crippen MR) is 83.9 cm³/mol. The van der Waals surface area contributed by atoms with Crippen molar-refractivity contribution >= 4 is 17.5 Å². The van der Waals surface area contributed by atoms with Gasteiger partial charge in [0.2, 0.25) is 11.8 Å². The first kappa shape index (κ1) is 15.5. The number of amides is 2. The SMILES string of the molecule is CCN(C(=O)C1CC1C(=O)NCC(C)C)c1ccccc1. The maximum absolute atomic E-state index is 12.5. The Morgan fingerprint density at radius 2 is 1.90 bits per heavy atom. The van der Waals surface area contributed by atoms with E-state index < -0.39 is 0 Å². The second kappa shape index (κ2) is 6.74. The molecule has 2 atom stereocenters. The van der Waals surface area contributed by atoms with E-state index in [0.717, 1.165) is 5.69 Å². The van der Waals surface area contributed by atoms with Crippen LogP contribution in [-0.2, 0) is 9.59 Å². The lowest BCUT2D eigenvalue weighted by atomic mass is 10.2. The van der Waals surface area contributed by atoms with Gasteiger partial charge in [-0.05, 0) is 31.4 Å². The van der Waals surface area contributed by atoms with Crippen LogP contribution in [0.5, 0.6) is 0 Å². The smallest absolute Gasteiger partial charge is 0.230 e. The second-order valence-corrected chi connectivity index (χ2v) is 6.01. The molecule has 4 heteroatoms. The molecule has 2 unspecified atom stereocenters. The lowest BCUT2D eigenvalue weighted by molar-refractivity contribution is -0.126. The van der Waals surface area contributed by atoms with Gasteiger partial charge in [-0.25, -0.2) is 0 Å². The van der Waals surface area contributed by atoms with E-state index in [4.69, 9.17) is 0 Å². The predicted octanol–water partition coefficient (Wildman–Crippen LogP) is 2.45. The van der Waals surface area contributed by atoms with E-state index >= 15 is 0 Å². The van der Waals surface area contributed by atoms with E-state index in [2.05, 4.69) is 19.2 Å². The topological polar surface area (TPSA) is 49.4 Å². The van der Waals surface area contributed by atoms with E-state index in [-0.39, 0.29) is 23.7 Å². The Morgan fingerprint density at radius 1 is 1.24 bits per heavy atom. The third kappa shape index (κ3) is 3.84. The Hall–Kier alpha value is -1.84. The van der Waals surface area contributed by atoms with Crippen molar-refractivity contribution in [3.8, 4) is 0 Å². The molecule has 1 aliphatic rings. The van der Waals surface area contributed by atoms with Crippen molar-refractivity contribution in [1.82, 2.24) is 5.32 Å². The average molecular weight is 288 g/mol. The van der Waals surface area contributed by atoms with Gasteiger partial charge in [-0.2, -0.15) is 0 Å². The summed E-state index contributed by atoms with van der Waals surface area (Å²) in [7, 11) is 0. The van der Waals surface area contributed by atoms with Crippen LogP contribution in [0.15, 0.2) is 30.3 Å². The molecule has 0 saturated heterocycles. The summed E-state index contributed by atoms with van der Waals surface area (Å²) in [6, 6.07) is 9.63. The first-order valence-electron chi connectivity index (χ1n) is 7.68. The van der Waals surface area contributed by atoms with Crippen LogP contribution in [0.3, 0.4) is 0 Å². The van der Waals surface area contributed by atoms with Crippen molar-refractivity contribution in [2.24, 2.45) is 17.8 Å². The van der Waals surface area contributed by atoms with Crippen LogP contribution >= 0.6 is 0 Å². The van der Waals surface area contributed by atoms with E-state index in [1.165, 1.54) is 0 Å². The summed E-state index contributed by atoms with van der Waals surface area (Å²) in [6.45, 7) is 7.38. The zero-order valence-corrected chi connectivity index (χ0v) is 13.0. The molecule has 1 fully saturated rings. The number of hydrogen-bond acceptors (Lipinski definition) is 2. The lowest BCUT2D eigenvalue weighted by Gasteiger charge is -2.21. The fraction of sp³-hybridized carbons (Fsp3) is 0.529. The molecule has 0 aromatic heterocycles. The fourth-order valence-corrected chi connectivity index (χ4v) is 2.47. The van der Waals surface area contributed by atoms with Crippen LogP contribution in [0, 0.1) is 17.8 Å². The number of nitrogens with zero attached hydrogens (tertiary/aromatic N) is 1. The number of carbonyl (C=O) groups excluding carboxylic acids is 2. The van der Waals surface area contributed by atoms with Crippen molar-refractivity contribution in [1.29, 1.82) is 0 Å². The Bertz CT molecular complexity index is 499. The van der Waals surface area contributed by atoms with Gasteiger partial charge < -0.3 is 10.2 Å². The van der Waals surface area contributed by atoms with Gasteiger partial charge >= 0.3 is 0 Å². The Balaban J connectivity index is 1.94. The van der Waals surface area contributed by atoms with Gasteiger partial charge in [-0.1, -0.05) is 32.0 Å². The zero-order chi connectivity index (χ0) is 15.4. The largest absolute Gasteiger partial charge is 0.356 e. The monoisotopic (exact) mass is 288 g/mol. The first-order chi connectivity index (χ1) is 10.0. The number of carbonyl (C=O) groups is 2. The molecule has 0 spiro atoms. The number of anilines is 1. The quantitative estimate of drug-likeness (QED) is 0.874. The normalized spacial score (nSPS) is 20.2. The molecule has 2 rings (SSSR count). The van der Waals surface area contributed by atoms with Gasteiger partial charge in [0.15, 0.2) is 0 Å². The molecule has 1 aliphatic carbocycles. The molecule has 21 heavy (non-hydrogen) atoms. The van der Waals surface area contributed by atoms with Crippen molar-refractivity contribution in [3.63, 3.8) is 0 Å². The van der Waals surface area contributed by atoms with Crippen LogP contribution < -0.4 is 10.2 Å². The molecule has 1 aromatic carbocycles. The molecule has 0 radical (unpaired) electrons. The molecule has 4 nitrogen and oxygen atoms in total. The third-order valence-corrected chi connectivity index (χ3v) is 3.78. The van der Waals surface area contributed by atoms with Crippen molar-refractivity contribution in [2.45, 2.75) is 27.2 Å². The van der Waals surface area contributed by atoms with Crippen LogP contribution in [-0.4, -0.2) is 24.9 Å². The third-order valence-electron chi connectivity index (χ3n) is 3.78. The van der Waals surface area contributed by atoms with Gasteiger partial charge in [0.25, 0.3) is 0 Å². The minimum Gasteiger partial charge on any atom is -0.356 e. The standard InChI is InChI=1S/C17H24N2O2/c1-4-19(13-8-6-5-7-9-13)17(21)15-10-14(15)16(20)18-11-12(2)3/h5-9,12,14-15H,4,10-11H2,1-3H3,(H,18,20). The summed E-state index contributed by atoms with van der Waals surface area (Å²) < 4.78 is 0. The summed E-state index contributed by atoms with van der Waals surface area (Å²) in [6.07, 6.45) is 0.673. The molecule has 0 heterocycles. The minimum absolute atomic E-state index is 0.0196. The first-order valence-corrected chi connectivity index (χ1v) is 7.68. The second-order valence-electron chi connectivity index (χ2n) is 6.01. The number of hydrogen-bond donors (Lipinski definition) is 1. The van der Waals surface area contributed by atoms with Gasteiger partial charge in [0, 0.05) is 18.8 Å². The molecule has 1 aromatic rings. The number of para-hydroxylation sites is 1. The molecule has 114 valence electrons.